The van der Waals surface area contributed by atoms with Gasteiger partial charge in [0.1, 0.15) is 11.5 Å². The number of anilines is 1. The largest absolute Gasteiger partial charge is 0.370 e. The number of carbonyl (C=O) groups is 1. The molecule has 20 heavy (non-hydrogen) atoms. The van der Waals surface area contributed by atoms with Gasteiger partial charge >= 0.3 is 0 Å². The van der Waals surface area contributed by atoms with Crippen LogP contribution >= 0.6 is 11.6 Å². The Balaban J connectivity index is 2.03. The molecule has 1 heterocycles. The maximum absolute atomic E-state index is 12.2. The van der Waals surface area contributed by atoms with Gasteiger partial charge in [0, 0.05) is 13.1 Å². The standard InChI is InChI=1S/C15H22ClN3O/c1-3-15(8-5-9-15)10-18-14(20)13-11(16)6-7-12(19-13)17-4-2/h6-7H,3-5,8-10H2,1-2H3,(H,17,19)(H,18,20). The van der Waals surface area contributed by atoms with Gasteiger partial charge in [-0.25, -0.2) is 4.98 Å². The summed E-state index contributed by atoms with van der Waals surface area (Å²) >= 11 is 6.07. The molecular formula is C15H22ClN3O. The maximum Gasteiger partial charge on any atom is 0.271 e. The van der Waals surface area contributed by atoms with Crippen LogP contribution in [-0.2, 0) is 0 Å². The monoisotopic (exact) mass is 295 g/mol. The quantitative estimate of drug-likeness (QED) is 0.845. The molecule has 1 aromatic rings. The van der Waals surface area contributed by atoms with Gasteiger partial charge in [0.2, 0.25) is 0 Å². The molecule has 0 aliphatic heterocycles. The Morgan fingerprint density at radius 3 is 2.70 bits per heavy atom. The summed E-state index contributed by atoms with van der Waals surface area (Å²) in [5.41, 5.74) is 0.595. The van der Waals surface area contributed by atoms with E-state index in [0.717, 1.165) is 13.0 Å². The molecular weight excluding hydrogens is 274 g/mol. The molecule has 1 fully saturated rings. The second-order valence-corrected chi connectivity index (χ2v) is 5.85. The zero-order valence-corrected chi connectivity index (χ0v) is 12.9. The van der Waals surface area contributed by atoms with E-state index in [1.807, 2.05) is 6.92 Å². The smallest absolute Gasteiger partial charge is 0.271 e. The van der Waals surface area contributed by atoms with Crippen LogP contribution < -0.4 is 10.6 Å². The van der Waals surface area contributed by atoms with Gasteiger partial charge in [-0.05, 0) is 43.7 Å². The van der Waals surface area contributed by atoms with Gasteiger partial charge in [-0.3, -0.25) is 4.79 Å². The summed E-state index contributed by atoms with van der Waals surface area (Å²) < 4.78 is 0. The molecule has 1 aliphatic carbocycles. The van der Waals surface area contributed by atoms with Crippen LogP contribution in [0.4, 0.5) is 5.82 Å². The molecule has 1 aliphatic rings. The molecule has 0 atom stereocenters. The Morgan fingerprint density at radius 1 is 1.40 bits per heavy atom. The van der Waals surface area contributed by atoms with Gasteiger partial charge in [0.15, 0.2) is 0 Å². The predicted molar refractivity (Wildman–Crippen MR) is 82.3 cm³/mol. The van der Waals surface area contributed by atoms with Crippen LogP contribution in [0.25, 0.3) is 0 Å². The Kier molecular flexibility index (Phi) is 4.86. The van der Waals surface area contributed by atoms with E-state index >= 15 is 0 Å². The van der Waals surface area contributed by atoms with E-state index in [1.54, 1.807) is 12.1 Å². The number of hydrogen-bond acceptors (Lipinski definition) is 3. The van der Waals surface area contributed by atoms with Crippen molar-refractivity contribution >= 4 is 23.3 Å². The summed E-state index contributed by atoms with van der Waals surface area (Å²) in [5.74, 6) is 0.491. The van der Waals surface area contributed by atoms with Crippen LogP contribution in [-0.4, -0.2) is 24.0 Å². The van der Waals surface area contributed by atoms with Crippen molar-refractivity contribution < 1.29 is 4.79 Å². The van der Waals surface area contributed by atoms with E-state index in [0.29, 0.717) is 28.5 Å². The van der Waals surface area contributed by atoms with Crippen LogP contribution in [0.5, 0.6) is 0 Å². The van der Waals surface area contributed by atoms with E-state index in [4.69, 9.17) is 11.6 Å². The fourth-order valence-electron chi connectivity index (χ4n) is 2.56. The Morgan fingerprint density at radius 2 is 2.15 bits per heavy atom. The predicted octanol–water partition coefficient (Wildman–Crippen LogP) is 3.48. The number of halogens is 1. The van der Waals surface area contributed by atoms with Gasteiger partial charge in [-0.15, -0.1) is 0 Å². The lowest BCUT2D eigenvalue weighted by Crippen LogP contribution is -2.42. The molecule has 2 N–H and O–H groups in total. The highest BCUT2D eigenvalue weighted by Gasteiger charge is 2.35. The average molecular weight is 296 g/mol. The Hall–Kier alpha value is -1.29. The number of aromatic nitrogens is 1. The first-order valence-corrected chi connectivity index (χ1v) is 7.66. The first kappa shape index (κ1) is 15.1. The molecule has 4 nitrogen and oxygen atoms in total. The third-order valence-corrected chi connectivity index (χ3v) is 4.51. The molecule has 0 bridgehead atoms. The topological polar surface area (TPSA) is 54.0 Å². The Bertz CT molecular complexity index is 480. The number of nitrogens with zero attached hydrogens (tertiary/aromatic N) is 1. The van der Waals surface area contributed by atoms with Crippen molar-refractivity contribution in [3.63, 3.8) is 0 Å². The van der Waals surface area contributed by atoms with Crippen LogP contribution in [0.1, 0.15) is 50.0 Å². The van der Waals surface area contributed by atoms with Crippen LogP contribution in [0, 0.1) is 5.41 Å². The van der Waals surface area contributed by atoms with Crippen molar-refractivity contribution in [1.82, 2.24) is 10.3 Å². The fraction of sp³-hybridized carbons (Fsp3) is 0.600. The summed E-state index contributed by atoms with van der Waals surface area (Å²) in [6.45, 7) is 5.64. The highest BCUT2D eigenvalue weighted by atomic mass is 35.5. The Labute approximate surface area is 125 Å². The molecule has 5 heteroatoms. The van der Waals surface area contributed by atoms with Crippen molar-refractivity contribution in [2.45, 2.75) is 39.5 Å². The van der Waals surface area contributed by atoms with Gasteiger partial charge in [-0.1, -0.05) is 24.9 Å². The summed E-state index contributed by atoms with van der Waals surface area (Å²) in [7, 11) is 0. The number of rotatable bonds is 6. The van der Waals surface area contributed by atoms with Gasteiger partial charge in [0.25, 0.3) is 5.91 Å². The summed E-state index contributed by atoms with van der Waals surface area (Å²) in [6.07, 6.45) is 4.76. The minimum absolute atomic E-state index is 0.186. The van der Waals surface area contributed by atoms with Crippen LogP contribution in [0.2, 0.25) is 5.02 Å². The van der Waals surface area contributed by atoms with E-state index < -0.39 is 0 Å². The zero-order chi connectivity index (χ0) is 14.6. The SMILES string of the molecule is CCNc1ccc(Cl)c(C(=O)NCC2(CC)CCC2)n1. The minimum atomic E-state index is -0.186. The van der Waals surface area contributed by atoms with Crippen molar-refractivity contribution in [2.75, 3.05) is 18.4 Å². The number of carbonyl (C=O) groups excluding carboxylic acids is 1. The molecule has 1 aromatic heterocycles. The highest BCUT2D eigenvalue weighted by Crippen LogP contribution is 2.43. The lowest BCUT2D eigenvalue weighted by molar-refractivity contribution is 0.0846. The van der Waals surface area contributed by atoms with E-state index in [2.05, 4.69) is 22.5 Å². The summed E-state index contributed by atoms with van der Waals surface area (Å²) in [4.78, 5) is 16.5. The molecule has 0 radical (unpaired) electrons. The lowest BCUT2D eigenvalue weighted by Gasteiger charge is -2.41. The van der Waals surface area contributed by atoms with Crippen molar-refractivity contribution in [2.24, 2.45) is 5.41 Å². The first-order valence-electron chi connectivity index (χ1n) is 7.29. The van der Waals surface area contributed by atoms with E-state index in [-0.39, 0.29) is 5.91 Å². The normalized spacial score (nSPS) is 16.4. The first-order chi connectivity index (χ1) is 9.60. The number of pyridine rings is 1. The zero-order valence-electron chi connectivity index (χ0n) is 12.1. The van der Waals surface area contributed by atoms with Crippen molar-refractivity contribution in [1.29, 1.82) is 0 Å². The fourth-order valence-corrected chi connectivity index (χ4v) is 2.76. The minimum Gasteiger partial charge on any atom is -0.370 e. The number of hydrogen-bond donors (Lipinski definition) is 2. The molecule has 0 unspecified atom stereocenters. The number of amides is 1. The number of nitrogens with one attached hydrogen (secondary N) is 2. The summed E-state index contributed by atoms with van der Waals surface area (Å²) in [6, 6.07) is 3.49. The molecule has 0 spiro atoms. The van der Waals surface area contributed by atoms with E-state index in [9.17, 15) is 4.79 Å². The molecule has 1 saturated carbocycles. The maximum atomic E-state index is 12.2. The molecule has 110 valence electrons. The molecule has 1 amide bonds. The molecule has 2 rings (SSSR count). The van der Waals surface area contributed by atoms with Crippen molar-refractivity contribution in [3.05, 3.63) is 22.8 Å². The van der Waals surface area contributed by atoms with Crippen molar-refractivity contribution in [3.8, 4) is 0 Å². The summed E-state index contributed by atoms with van der Waals surface area (Å²) in [5, 5.41) is 6.47. The second kappa shape index (κ2) is 6.44. The second-order valence-electron chi connectivity index (χ2n) is 5.45. The molecule has 0 saturated heterocycles. The van der Waals surface area contributed by atoms with Crippen LogP contribution in [0.15, 0.2) is 12.1 Å². The third-order valence-electron chi connectivity index (χ3n) is 4.21. The molecule has 0 aromatic carbocycles. The third kappa shape index (κ3) is 3.23. The average Bonchev–Trinajstić information content (AvgIpc) is 2.40. The van der Waals surface area contributed by atoms with Gasteiger partial charge in [0.05, 0.1) is 5.02 Å². The lowest BCUT2D eigenvalue weighted by atomic mass is 9.67. The van der Waals surface area contributed by atoms with Gasteiger partial charge < -0.3 is 10.6 Å². The van der Waals surface area contributed by atoms with Crippen LogP contribution in [0.3, 0.4) is 0 Å². The highest BCUT2D eigenvalue weighted by molar-refractivity contribution is 6.33. The van der Waals surface area contributed by atoms with Gasteiger partial charge in [-0.2, -0.15) is 0 Å². The van der Waals surface area contributed by atoms with E-state index in [1.165, 1.54) is 19.3 Å².